The Bertz CT molecular complexity index is 491. The summed E-state index contributed by atoms with van der Waals surface area (Å²) in [6.07, 6.45) is -8.10. The van der Waals surface area contributed by atoms with Gasteiger partial charge < -0.3 is 9.84 Å². The molecular formula is C9H5ClF5NO3. The van der Waals surface area contributed by atoms with E-state index in [0.29, 0.717) is 6.20 Å². The van der Waals surface area contributed by atoms with Crippen LogP contribution in [0.25, 0.3) is 0 Å². The van der Waals surface area contributed by atoms with Crippen LogP contribution < -0.4 is 4.74 Å². The van der Waals surface area contributed by atoms with Gasteiger partial charge in [-0.05, 0) is 0 Å². The smallest absolute Gasteiger partial charge is 0.478 e. The van der Waals surface area contributed by atoms with E-state index < -0.39 is 41.6 Å². The average Bonchev–Trinajstić information content (AvgIpc) is 2.25. The van der Waals surface area contributed by atoms with Crippen molar-refractivity contribution in [2.24, 2.45) is 0 Å². The fraction of sp³-hybridized carbons (Fsp3) is 0.333. The van der Waals surface area contributed by atoms with Crippen molar-refractivity contribution in [2.75, 3.05) is 0 Å². The van der Waals surface area contributed by atoms with Gasteiger partial charge in [0.2, 0.25) is 0 Å². The number of carboxylic acids is 1. The van der Waals surface area contributed by atoms with Gasteiger partial charge in [-0.15, -0.1) is 24.8 Å². The van der Waals surface area contributed by atoms with Crippen molar-refractivity contribution in [1.82, 2.24) is 4.98 Å². The van der Waals surface area contributed by atoms with Crippen LogP contribution in [0, 0.1) is 0 Å². The first kappa shape index (κ1) is 15.4. The molecule has 1 N–H and O–H groups in total. The molecule has 0 radical (unpaired) electrons. The van der Waals surface area contributed by atoms with E-state index in [1.165, 1.54) is 0 Å². The van der Waals surface area contributed by atoms with Gasteiger partial charge in [-0.2, -0.15) is 0 Å². The van der Waals surface area contributed by atoms with Crippen molar-refractivity contribution in [1.29, 1.82) is 0 Å². The summed E-state index contributed by atoms with van der Waals surface area (Å²) in [4.78, 5) is 13.9. The number of aromatic nitrogens is 1. The zero-order valence-electron chi connectivity index (χ0n) is 8.84. The van der Waals surface area contributed by atoms with Gasteiger partial charge in [-0.1, -0.05) is 0 Å². The van der Waals surface area contributed by atoms with Gasteiger partial charge >= 0.3 is 12.3 Å². The molecule has 0 amide bonds. The van der Waals surface area contributed by atoms with Gasteiger partial charge in [0, 0.05) is 17.6 Å². The molecule has 0 aliphatic heterocycles. The van der Waals surface area contributed by atoms with Crippen LogP contribution in [0.2, 0.25) is 0 Å². The minimum Gasteiger partial charge on any atom is -0.478 e. The van der Waals surface area contributed by atoms with Gasteiger partial charge in [0.15, 0.2) is 5.75 Å². The molecule has 1 aromatic heterocycles. The van der Waals surface area contributed by atoms with E-state index in [0.717, 1.165) is 0 Å². The first-order valence-corrected chi connectivity index (χ1v) is 5.05. The van der Waals surface area contributed by atoms with E-state index in [-0.39, 0.29) is 5.56 Å². The fourth-order valence-corrected chi connectivity index (χ4v) is 1.46. The second kappa shape index (κ2) is 5.55. The molecule has 0 aliphatic rings. The third-order valence-electron chi connectivity index (χ3n) is 1.92. The lowest BCUT2D eigenvalue weighted by Crippen LogP contribution is -2.21. The molecule has 10 heteroatoms. The van der Waals surface area contributed by atoms with Crippen LogP contribution in [0.4, 0.5) is 22.0 Å². The summed E-state index contributed by atoms with van der Waals surface area (Å²) in [5, 5.41) is 8.80. The highest BCUT2D eigenvalue weighted by molar-refractivity contribution is 6.17. The summed E-state index contributed by atoms with van der Waals surface area (Å²) in [7, 11) is 0. The lowest BCUT2D eigenvalue weighted by atomic mass is 10.1. The SMILES string of the molecule is O=C(O)c1c(CCl)cnc(C(F)F)c1OC(F)(F)F. The molecule has 0 aliphatic carbocycles. The largest absolute Gasteiger partial charge is 0.573 e. The van der Waals surface area contributed by atoms with Crippen LogP contribution in [-0.2, 0) is 5.88 Å². The van der Waals surface area contributed by atoms with Gasteiger partial charge in [0.1, 0.15) is 11.3 Å². The van der Waals surface area contributed by atoms with E-state index in [1.54, 1.807) is 0 Å². The van der Waals surface area contributed by atoms with Crippen LogP contribution >= 0.6 is 11.6 Å². The van der Waals surface area contributed by atoms with E-state index in [2.05, 4.69) is 9.72 Å². The number of hydrogen-bond acceptors (Lipinski definition) is 3. The number of nitrogens with zero attached hydrogens (tertiary/aromatic N) is 1. The second-order valence-electron chi connectivity index (χ2n) is 3.16. The zero-order chi connectivity index (χ0) is 14.8. The van der Waals surface area contributed by atoms with Crippen molar-refractivity contribution < 1.29 is 36.6 Å². The summed E-state index contributed by atoms with van der Waals surface area (Å²) >= 11 is 5.32. The molecule has 0 spiro atoms. The number of pyridine rings is 1. The summed E-state index contributed by atoms with van der Waals surface area (Å²) < 4.78 is 64.9. The van der Waals surface area contributed by atoms with Crippen molar-refractivity contribution >= 4 is 17.6 Å². The Labute approximate surface area is 107 Å². The van der Waals surface area contributed by atoms with Crippen LogP contribution in [0.15, 0.2) is 6.20 Å². The Morgan fingerprint density at radius 2 is 2.05 bits per heavy atom. The molecule has 0 fully saturated rings. The number of aromatic carboxylic acids is 1. The van der Waals surface area contributed by atoms with Gasteiger partial charge in [-0.25, -0.2) is 13.6 Å². The number of alkyl halides is 6. The maximum absolute atomic E-state index is 12.5. The molecule has 1 heterocycles. The topological polar surface area (TPSA) is 59.4 Å². The molecule has 0 saturated carbocycles. The van der Waals surface area contributed by atoms with Crippen molar-refractivity contribution in [3.05, 3.63) is 23.0 Å². The zero-order valence-corrected chi connectivity index (χ0v) is 9.60. The number of hydrogen-bond donors (Lipinski definition) is 1. The number of carbonyl (C=O) groups is 1. The normalized spacial score (nSPS) is 11.7. The third-order valence-corrected chi connectivity index (χ3v) is 2.21. The van der Waals surface area contributed by atoms with Crippen molar-refractivity contribution in [3.8, 4) is 5.75 Å². The lowest BCUT2D eigenvalue weighted by Gasteiger charge is -2.16. The van der Waals surface area contributed by atoms with Crippen LogP contribution in [0.1, 0.15) is 28.0 Å². The minimum absolute atomic E-state index is 0.363. The summed E-state index contributed by atoms with van der Waals surface area (Å²) in [5.74, 6) is -3.95. The summed E-state index contributed by atoms with van der Waals surface area (Å²) in [5.41, 5.74) is -2.86. The predicted octanol–water partition coefficient (Wildman–Crippen LogP) is 3.35. The second-order valence-corrected chi connectivity index (χ2v) is 3.43. The molecule has 19 heavy (non-hydrogen) atoms. The fourth-order valence-electron chi connectivity index (χ4n) is 1.25. The molecule has 0 saturated heterocycles. The Balaban J connectivity index is 3.53. The van der Waals surface area contributed by atoms with E-state index in [9.17, 15) is 26.7 Å². The highest BCUT2D eigenvalue weighted by Crippen LogP contribution is 2.36. The average molecular weight is 306 g/mol. The summed E-state index contributed by atoms with van der Waals surface area (Å²) in [6.45, 7) is 0. The highest BCUT2D eigenvalue weighted by atomic mass is 35.5. The van der Waals surface area contributed by atoms with Crippen molar-refractivity contribution in [3.63, 3.8) is 0 Å². The maximum atomic E-state index is 12.5. The van der Waals surface area contributed by atoms with E-state index in [1.807, 2.05) is 0 Å². The molecular weight excluding hydrogens is 301 g/mol. The number of rotatable bonds is 4. The number of halogens is 6. The van der Waals surface area contributed by atoms with Crippen molar-refractivity contribution in [2.45, 2.75) is 18.7 Å². The molecule has 0 unspecified atom stereocenters. The van der Waals surface area contributed by atoms with Gasteiger partial charge in [0.05, 0.1) is 0 Å². The first-order chi connectivity index (χ1) is 8.67. The number of ether oxygens (including phenoxy) is 1. The Morgan fingerprint density at radius 3 is 2.42 bits per heavy atom. The van der Waals surface area contributed by atoms with E-state index >= 15 is 0 Å². The van der Waals surface area contributed by atoms with Crippen LogP contribution in [0.3, 0.4) is 0 Å². The highest BCUT2D eigenvalue weighted by Gasteiger charge is 2.37. The maximum Gasteiger partial charge on any atom is 0.573 e. The Hall–Kier alpha value is -1.64. The minimum atomic E-state index is -5.33. The quantitative estimate of drug-likeness (QED) is 0.684. The van der Waals surface area contributed by atoms with E-state index in [4.69, 9.17) is 16.7 Å². The molecule has 4 nitrogen and oxygen atoms in total. The molecule has 1 rings (SSSR count). The van der Waals surface area contributed by atoms with Gasteiger partial charge in [0.25, 0.3) is 6.43 Å². The first-order valence-electron chi connectivity index (χ1n) is 4.52. The molecule has 0 aromatic carbocycles. The monoisotopic (exact) mass is 305 g/mol. The third kappa shape index (κ3) is 3.66. The number of carboxylic acid groups (broad SMARTS) is 1. The molecule has 106 valence electrons. The Morgan fingerprint density at radius 1 is 1.47 bits per heavy atom. The Kier molecular flexibility index (Phi) is 4.51. The molecule has 0 atom stereocenters. The standard InChI is InChI=1S/C9H5ClF5NO3/c10-1-3-2-16-5(7(11)12)6(4(3)8(17)18)19-9(13,14)15/h2,7H,1H2,(H,17,18). The molecule has 0 bridgehead atoms. The van der Waals surface area contributed by atoms with Gasteiger partial charge in [-0.3, -0.25) is 4.98 Å². The summed E-state index contributed by atoms with van der Waals surface area (Å²) in [6, 6.07) is 0. The lowest BCUT2D eigenvalue weighted by molar-refractivity contribution is -0.275. The van der Waals surface area contributed by atoms with Crippen LogP contribution in [0.5, 0.6) is 5.75 Å². The predicted molar refractivity (Wildman–Crippen MR) is 52.4 cm³/mol. The molecule has 1 aromatic rings. The van der Waals surface area contributed by atoms with Crippen LogP contribution in [-0.4, -0.2) is 22.4 Å².